The summed E-state index contributed by atoms with van der Waals surface area (Å²) >= 11 is 1.71. The highest BCUT2D eigenvalue weighted by atomic mass is 32.1. The van der Waals surface area contributed by atoms with Crippen molar-refractivity contribution < 1.29 is 23.9 Å². The molecule has 0 bridgehead atoms. The van der Waals surface area contributed by atoms with Crippen molar-refractivity contribution >= 4 is 86.5 Å². The van der Waals surface area contributed by atoms with Gasteiger partial charge in [-0.2, -0.15) is 0 Å². The number of thiophene rings is 1. The van der Waals surface area contributed by atoms with Crippen molar-refractivity contribution in [2.75, 3.05) is 56.8 Å². The van der Waals surface area contributed by atoms with Crippen molar-refractivity contribution in [1.29, 1.82) is 0 Å². The Kier molecular flexibility index (Phi) is 31.6. The minimum Gasteiger partial charge on any atom is -0.460 e. The largest absolute Gasteiger partial charge is 0.460 e. The number of carbonyl (C=O) groups is 4. The van der Waals surface area contributed by atoms with Crippen molar-refractivity contribution in [2.45, 2.75) is 274 Å². The first kappa shape index (κ1) is 92.4. The Bertz CT molecular complexity index is 5160. The van der Waals surface area contributed by atoms with Crippen LogP contribution in [0.5, 0.6) is 0 Å². The molecule has 9 aromatic rings. The first-order valence-corrected chi connectivity index (χ1v) is 45.5. The summed E-state index contributed by atoms with van der Waals surface area (Å²) in [6.45, 7) is 44.9. The molecule has 0 fully saturated rings. The van der Waals surface area contributed by atoms with Gasteiger partial charge in [0.05, 0.1) is 30.3 Å². The highest BCUT2D eigenvalue weighted by molar-refractivity contribution is 7.15. The Labute approximate surface area is 731 Å². The Morgan fingerprint density at radius 1 is 0.574 bits per heavy atom. The summed E-state index contributed by atoms with van der Waals surface area (Å²) in [5, 5.41) is 24.4. The van der Waals surface area contributed by atoms with Crippen molar-refractivity contribution in [3.8, 4) is 5.00 Å². The van der Waals surface area contributed by atoms with Crippen LogP contribution in [0.3, 0.4) is 0 Å². The predicted octanol–water partition coefficient (Wildman–Crippen LogP) is 22.7. The van der Waals surface area contributed by atoms with E-state index in [1.807, 2.05) is 75.3 Å². The molecule has 7 atom stereocenters. The summed E-state index contributed by atoms with van der Waals surface area (Å²) in [5.41, 5.74) is 35.3. The molecule has 18 nitrogen and oxygen atoms in total. The summed E-state index contributed by atoms with van der Waals surface area (Å²) in [6.07, 6.45) is 13.5. The van der Waals surface area contributed by atoms with E-state index in [4.69, 9.17) is 21.2 Å². The zero-order chi connectivity index (χ0) is 88.0. The second kappa shape index (κ2) is 41.7. The highest BCUT2D eigenvalue weighted by Gasteiger charge is 2.39. The van der Waals surface area contributed by atoms with E-state index in [9.17, 15) is 19.2 Å². The molecular weight excluding hydrogens is 1530 g/mol. The van der Waals surface area contributed by atoms with Gasteiger partial charge in [0.1, 0.15) is 22.5 Å². The molecule has 0 spiro atoms. The predicted molar refractivity (Wildman–Crippen MR) is 509 cm³/mol. The van der Waals surface area contributed by atoms with Crippen molar-refractivity contribution in [3.63, 3.8) is 0 Å². The molecule has 19 heteroatoms. The van der Waals surface area contributed by atoms with Gasteiger partial charge in [0.2, 0.25) is 17.7 Å². The summed E-state index contributed by atoms with van der Waals surface area (Å²) in [6, 6.07) is 54.9. The standard InChI is InChI=1S/C27H35N3O.C26H32N4O2S.C25H35N3O.C25H33N3O/c1-5-27(31)30-19(4)16-25(29-23-9-6-20(7-10-23)18(2)3)24-11-8-22(17-26(24)30)21-12-14-28-15-13-21;1-14(2)18-9-11-19(12-10-18)23-22-15(3)16(4)33-25(22)30-17(5)28-29-24(30)20(27-23)13-21(31)32-26(6,7)8;2*1-5-25(29)28-18(4)15-23(27-21-11-9-20(10-12-21)17(2)3)22-13-8-19(7-6-14-26)16-24(22)28/h6-12,17-19,25,28-29H,5,13-16H2,1-4H3;9-12,14,20H,13H2,1-8H3;8-13,16-18,23,27H,5-7,14-15,26H2,1-4H3;6-13,16-18,23,27H,5,14-15,26H2,1-4H3/b;;;7-6+/t;20-;;/m.0../s1. The molecular formula is C103H135N13O5S. The van der Waals surface area contributed by atoms with Crippen LogP contribution in [-0.2, 0) is 30.3 Å². The fraction of sp³-hybridized carbons (Fsp3) is 0.447. The summed E-state index contributed by atoms with van der Waals surface area (Å²) in [4.78, 5) is 63.5. The number of amides is 3. The zero-order valence-electron chi connectivity index (χ0n) is 76.2. The molecule has 648 valence electrons. The average Bonchev–Trinajstić information content (AvgIpc) is 1.56. The minimum absolute atomic E-state index is 0.107. The summed E-state index contributed by atoms with van der Waals surface area (Å²) in [7, 11) is 0. The van der Waals surface area contributed by atoms with Gasteiger partial charge in [0.25, 0.3) is 0 Å². The molecule has 3 amide bonds. The fourth-order valence-electron chi connectivity index (χ4n) is 17.1. The van der Waals surface area contributed by atoms with Gasteiger partial charge >= 0.3 is 5.97 Å². The van der Waals surface area contributed by atoms with Gasteiger partial charge < -0.3 is 52.2 Å². The number of carbonyl (C=O) groups excluding carboxylic acids is 4. The molecule has 7 aromatic carbocycles. The number of anilines is 6. The first-order chi connectivity index (χ1) is 58.3. The maximum Gasteiger partial charge on any atom is 0.308 e. The number of nitrogens with zero attached hydrogens (tertiary/aromatic N) is 7. The third-order valence-corrected chi connectivity index (χ3v) is 25.2. The van der Waals surface area contributed by atoms with Crippen LogP contribution in [0.2, 0.25) is 0 Å². The van der Waals surface area contributed by atoms with Crippen LogP contribution in [0, 0.1) is 20.8 Å². The molecule has 0 radical (unpaired) electrons. The van der Waals surface area contributed by atoms with Crippen LogP contribution in [0.1, 0.15) is 312 Å². The van der Waals surface area contributed by atoms with Crippen molar-refractivity contribution in [1.82, 2.24) is 20.1 Å². The number of aromatic nitrogens is 3. The van der Waals surface area contributed by atoms with Gasteiger partial charge in [-0.1, -0.05) is 191 Å². The van der Waals surface area contributed by atoms with Gasteiger partial charge in [-0.3, -0.25) is 28.7 Å². The minimum atomic E-state index is -0.559. The van der Waals surface area contributed by atoms with E-state index >= 15 is 0 Å². The van der Waals surface area contributed by atoms with Crippen LogP contribution in [0.25, 0.3) is 16.7 Å². The van der Waals surface area contributed by atoms with E-state index in [-0.39, 0.29) is 66.4 Å². The second-order valence-corrected chi connectivity index (χ2v) is 36.9. The van der Waals surface area contributed by atoms with Gasteiger partial charge in [0.15, 0.2) is 5.82 Å². The number of fused-ring (bicyclic) bond motifs is 6. The maximum absolute atomic E-state index is 12.9. The number of nitrogens with one attached hydrogen (secondary N) is 4. The van der Waals surface area contributed by atoms with E-state index in [2.05, 4.69) is 284 Å². The molecule has 5 aliphatic heterocycles. The molecule has 0 aliphatic carbocycles. The van der Waals surface area contributed by atoms with Gasteiger partial charge in [-0.25, -0.2) is 0 Å². The fourth-order valence-corrected chi connectivity index (χ4v) is 18.4. The highest BCUT2D eigenvalue weighted by Crippen LogP contribution is 2.46. The number of esters is 1. The topological polar surface area (TPSA) is 230 Å². The number of hydrogen-bond acceptors (Lipinski definition) is 15. The Morgan fingerprint density at radius 2 is 1.02 bits per heavy atom. The SMILES string of the molecule is CCC(=O)N1c2cc(/C=C/CN)ccc2C(Nc2ccc(C(C)C)cc2)CC1C.CCC(=O)N1c2cc(C3=CCNCC3)ccc2C(Nc2ccc(C(C)C)cc2)CC1C.CCC(=O)N1c2cc(CCCN)ccc2C(Nc2ccc(C(C)C)cc2)CC1C.Cc1sc2c(c1C)C(c1ccc(C(C)C)cc1)=N[C@@H](CC(=O)OC(C)(C)C)c1nnc(C)n1-2. The first-order valence-electron chi connectivity index (χ1n) is 44.7. The van der Waals surface area contributed by atoms with E-state index in [0.717, 1.165) is 119 Å². The molecule has 2 aromatic heterocycles. The smallest absolute Gasteiger partial charge is 0.308 e. The number of aliphatic imine (C=N–C) groups is 1. The molecule has 0 saturated carbocycles. The Morgan fingerprint density at radius 3 is 1.45 bits per heavy atom. The lowest BCUT2D eigenvalue weighted by Crippen LogP contribution is -2.44. The lowest BCUT2D eigenvalue weighted by atomic mass is 9.88. The van der Waals surface area contributed by atoms with Gasteiger partial charge in [-0.15, -0.1) is 21.5 Å². The molecule has 8 N–H and O–H groups in total. The Balaban J connectivity index is 0.000000159. The van der Waals surface area contributed by atoms with Gasteiger partial charge in [0, 0.05) is 101 Å². The summed E-state index contributed by atoms with van der Waals surface area (Å²) < 4.78 is 7.69. The van der Waals surface area contributed by atoms with Gasteiger partial charge in [-0.05, 0) is 259 Å². The van der Waals surface area contributed by atoms with E-state index in [1.165, 1.54) is 66.1 Å². The molecule has 122 heavy (non-hydrogen) atoms. The molecule has 7 heterocycles. The third kappa shape index (κ3) is 22.4. The second-order valence-electron chi connectivity index (χ2n) is 35.7. The van der Waals surface area contributed by atoms with E-state index in [1.54, 1.807) is 11.3 Å². The average molecular weight is 1670 g/mol. The van der Waals surface area contributed by atoms with E-state index in [0.29, 0.717) is 61.8 Å². The number of ether oxygens (including phenoxy) is 1. The normalized spacial score (nSPS) is 18.5. The number of benzene rings is 7. The van der Waals surface area contributed by atoms with Crippen LogP contribution in [-0.4, -0.2) is 94.1 Å². The monoisotopic (exact) mass is 1670 g/mol. The number of aryl methyl sites for hydroxylation is 3. The number of nitrogens with two attached hydrogens (primary N) is 2. The molecule has 0 saturated heterocycles. The Hall–Kier alpha value is -10.3. The van der Waals surface area contributed by atoms with Crippen LogP contribution < -0.4 is 47.4 Å². The zero-order valence-corrected chi connectivity index (χ0v) is 77.0. The molecule has 14 rings (SSSR count). The lowest BCUT2D eigenvalue weighted by molar-refractivity contribution is -0.155. The van der Waals surface area contributed by atoms with E-state index < -0.39 is 11.6 Å². The lowest BCUT2D eigenvalue weighted by Gasteiger charge is -2.40. The summed E-state index contributed by atoms with van der Waals surface area (Å²) in [5.74, 6) is 3.75. The quantitative estimate of drug-likeness (QED) is 0.0347. The van der Waals surface area contributed by atoms with Crippen molar-refractivity contribution in [3.05, 3.63) is 253 Å². The van der Waals surface area contributed by atoms with Crippen LogP contribution in [0.4, 0.5) is 34.1 Å². The van der Waals surface area contributed by atoms with Crippen molar-refractivity contribution in [2.24, 2.45) is 16.5 Å². The van der Waals surface area contributed by atoms with Crippen LogP contribution in [0.15, 0.2) is 169 Å². The molecule has 5 aliphatic rings. The maximum atomic E-state index is 12.9. The third-order valence-electron chi connectivity index (χ3n) is 24.0. The number of rotatable bonds is 22. The number of hydrogen-bond donors (Lipinski definition) is 6. The van der Waals surface area contributed by atoms with Crippen LogP contribution >= 0.6 is 11.3 Å². The molecule has 6 unspecified atom stereocenters.